The minimum atomic E-state index is -0.566. The molecule has 0 amide bonds. The number of rotatable bonds is 4. The van der Waals surface area contributed by atoms with Gasteiger partial charge in [0, 0.05) is 36.7 Å². The fraction of sp³-hybridized carbons (Fsp3) is 0.348. The van der Waals surface area contributed by atoms with Gasteiger partial charge in [0.25, 0.3) is 5.56 Å². The average Bonchev–Trinajstić information content (AvgIpc) is 3.25. The van der Waals surface area contributed by atoms with Crippen LogP contribution < -0.4 is 10.5 Å². The molecule has 34 heavy (non-hydrogen) atoms. The summed E-state index contributed by atoms with van der Waals surface area (Å²) in [5.41, 5.74) is 0.579. The first-order valence-electron chi connectivity index (χ1n) is 10.9. The smallest absolute Gasteiger partial charge is 0.263 e. The lowest BCUT2D eigenvalue weighted by Crippen LogP contribution is -2.39. The van der Waals surface area contributed by atoms with E-state index in [4.69, 9.17) is 25.8 Å². The van der Waals surface area contributed by atoms with Gasteiger partial charge in [0.2, 0.25) is 11.7 Å². The van der Waals surface area contributed by atoms with Crippen molar-refractivity contribution in [1.82, 2.24) is 24.7 Å². The molecular weight excluding hydrogens is 463 g/mol. The lowest BCUT2D eigenvalue weighted by Gasteiger charge is -2.32. The predicted octanol–water partition coefficient (Wildman–Crippen LogP) is 3.85. The molecular formula is C23H22ClFN6O3. The third kappa shape index (κ3) is 3.92. The van der Waals surface area contributed by atoms with Crippen LogP contribution in [0.25, 0.3) is 22.2 Å². The first-order chi connectivity index (χ1) is 16.4. The summed E-state index contributed by atoms with van der Waals surface area (Å²) in [5, 5.41) is 4.49. The Hall–Kier alpha value is -3.37. The van der Waals surface area contributed by atoms with Crippen LogP contribution in [0.2, 0.25) is 5.02 Å². The van der Waals surface area contributed by atoms with E-state index in [0.29, 0.717) is 55.1 Å². The van der Waals surface area contributed by atoms with Gasteiger partial charge in [-0.3, -0.25) is 9.36 Å². The average molecular weight is 485 g/mol. The van der Waals surface area contributed by atoms with Crippen molar-refractivity contribution in [3.63, 3.8) is 0 Å². The maximum Gasteiger partial charge on any atom is 0.263 e. The summed E-state index contributed by atoms with van der Waals surface area (Å²) < 4.78 is 27.5. The van der Waals surface area contributed by atoms with E-state index in [0.717, 1.165) is 0 Å². The molecule has 0 bridgehead atoms. The number of ether oxygens (including phenoxy) is 1. The highest BCUT2D eigenvalue weighted by atomic mass is 35.5. The van der Waals surface area contributed by atoms with Crippen LogP contribution in [-0.4, -0.2) is 44.4 Å². The second-order valence-electron chi connectivity index (χ2n) is 8.03. The summed E-state index contributed by atoms with van der Waals surface area (Å²) in [6, 6.07) is 6.07. The SMILES string of the molecule is CCn1c(C)nc2cc(N3CCO[C@H](c4noc(C)n4)C3)nc(-c3ccc(Cl)cc3F)c2c1=O. The van der Waals surface area contributed by atoms with Gasteiger partial charge in [-0.1, -0.05) is 16.8 Å². The number of aryl methyl sites for hydroxylation is 2. The first-order valence-corrected chi connectivity index (χ1v) is 11.3. The molecule has 1 aliphatic heterocycles. The Morgan fingerprint density at radius 3 is 2.74 bits per heavy atom. The van der Waals surface area contributed by atoms with Gasteiger partial charge >= 0.3 is 0 Å². The molecule has 9 nitrogen and oxygen atoms in total. The minimum absolute atomic E-state index is 0.181. The highest BCUT2D eigenvalue weighted by Crippen LogP contribution is 2.32. The Morgan fingerprint density at radius 2 is 2.03 bits per heavy atom. The lowest BCUT2D eigenvalue weighted by atomic mass is 10.1. The summed E-state index contributed by atoms with van der Waals surface area (Å²) in [5.74, 6) is 1.45. The highest BCUT2D eigenvalue weighted by Gasteiger charge is 2.28. The first kappa shape index (κ1) is 22.4. The van der Waals surface area contributed by atoms with Crippen molar-refractivity contribution in [1.29, 1.82) is 0 Å². The van der Waals surface area contributed by atoms with Crippen molar-refractivity contribution < 1.29 is 13.7 Å². The van der Waals surface area contributed by atoms with Crippen LogP contribution in [0.5, 0.6) is 0 Å². The van der Waals surface area contributed by atoms with Crippen LogP contribution in [0, 0.1) is 19.7 Å². The summed E-state index contributed by atoms with van der Waals surface area (Å²) in [6.07, 6.45) is -0.415. The third-order valence-corrected chi connectivity index (χ3v) is 6.08. The van der Waals surface area contributed by atoms with Crippen LogP contribution in [0.1, 0.15) is 30.6 Å². The van der Waals surface area contributed by atoms with E-state index in [9.17, 15) is 4.79 Å². The normalized spacial score (nSPS) is 16.4. The summed E-state index contributed by atoms with van der Waals surface area (Å²) in [6.45, 7) is 7.15. The van der Waals surface area contributed by atoms with Crippen LogP contribution in [-0.2, 0) is 11.3 Å². The molecule has 4 heterocycles. The molecule has 0 unspecified atom stereocenters. The van der Waals surface area contributed by atoms with Gasteiger partial charge in [-0.2, -0.15) is 4.98 Å². The predicted molar refractivity (Wildman–Crippen MR) is 125 cm³/mol. The molecule has 0 N–H and O–H groups in total. The Balaban J connectivity index is 1.68. The molecule has 1 aromatic carbocycles. The van der Waals surface area contributed by atoms with Gasteiger partial charge in [-0.05, 0) is 32.0 Å². The third-order valence-electron chi connectivity index (χ3n) is 5.84. The molecule has 5 rings (SSSR count). The van der Waals surface area contributed by atoms with E-state index in [1.54, 1.807) is 30.5 Å². The van der Waals surface area contributed by atoms with Gasteiger partial charge in [0.05, 0.1) is 29.7 Å². The zero-order valence-electron chi connectivity index (χ0n) is 18.9. The van der Waals surface area contributed by atoms with Gasteiger partial charge in [-0.15, -0.1) is 0 Å². The second kappa shape index (κ2) is 8.77. The van der Waals surface area contributed by atoms with Crippen LogP contribution in [0.4, 0.5) is 10.2 Å². The number of anilines is 1. The molecule has 1 aliphatic rings. The topological polar surface area (TPSA) is 99.2 Å². The van der Waals surface area contributed by atoms with Crippen molar-refractivity contribution in [2.75, 3.05) is 24.6 Å². The Kier molecular flexibility index (Phi) is 5.78. The van der Waals surface area contributed by atoms with Gasteiger partial charge in [0.1, 0.15) is 23.6 Å². The van der Waals surface area contributed by atoms with Gasteiger partial charge in [0.15, 0.2) is 0 Å². The molecule has 1 saturated heterocycles. The monoisotopic (exact) mass is 484 g/mol. The van der Waals surface area contributed by atoms with Crippen molar-refractivity contribution >= 4 is 28.3 Å². The van der Waals surface area contributed by atoms with Crippen molar-refractivity contribution in [2.45, 2.75) is 33.4 Å². The number of halogens is 2. The number of aromatic nitrogens is 5. The van der Waals surface area contributed by atoms with Crippen molar-refractivity contribution in [2.24, 2.45) is 0 Å². The van der Waals surface area contributed by atoms with E-state index in [1.165, 1.54) is 12.1 Å². The van der Waals surface area contributed by atoms with E-state index < -0.39 is 11.9 Å². The van der Waals surface area contributed by atoms with E-state index in [2.05, 4.69) is 15.1 Å². The number of hydrogen-bond acceptors (Lipinski definition) is 8. The van der Waals surface area contributed by atoms with Crippen LogP contribution >= 0.6 is 11.6 Å². The summed E-state index contributed by atoms with van der Waals surface area (Å²) in [7, 11) is 0. The zero-order chi connectivity index (χ0) is 24.0. The molecule has 3 aromatic heterocycles. The Labute approximate surface area is 199 Å². The maximum atomic E-state index is 15.0. The number of fused-ring (bicyclic) bond motifs is 1. The number of hydrogen-bond donors (Lipinski definition) is 0. The molecule has 0 saturated carbocycles. The largest absolute Gasteiger partial charge is 0.366 e. The lowest BCUT2D eigenvalue weighted by molar-refractivity contribution is 0.0324. The Morgan fingerprint density at radius 1 is 1.21 bits per heavy atom. The molecule has 1 fully saturated rings. The quantitative estimate of drug-likeness (QED) is 0.430. The second-order valence-corrected chi connectivity index (χ2v) is 8.47. The minimum Gasteiger partial charge on any atom is -0.366 e. The van der Waals surface area contributed by atoms with Crippen molar-refractivity contribution in [3.05, 3.63) is 63.0 Å². The molecule has 176 valence electrons. The maximum absolute atomic E-state index is 15.0. The zero-order valence-corrected chi connectivity index (χ0v) is 19.6. The van der Waals surface area contributed by atoms with E-state index in [1.807, 2.05) is 11.8 Å². The van der Waals surface area contributed by atoms with Crippen molar-refractivity contribution in [3.8, 4) is 11.3 Å². The number of morpholine rings is 1. The van der Waals surface area contributed by atoms with Crippen LogP contribution in [0.15, 0.2) is 33.6 Å². The summed E-state index contributed by atoms with van der Waals surface area (Å²) in [4.78, 5) is 29.0. The van der Waals surface area contributed by atoms with Gasteiger partial charge in [-0.25, -0.2) is 14.4 Å². The molecule has 0 radical (unpaired) electrons. The molecule has 11 heteroatoms. The highest BCUT2D eigenvalue weighted by molar-refractivity contribution is 6.30. The molecule has 0 spiro atoms. The number of nitrogens with zero attached hydrogens (tertiary/aromatic N) is 6. The number of pyridine rings is 1. The fourth-order valence-corrected chi connectivity index (χ4v) is 4.36. The summed E-state index contributed by atoms with van der Waals surface area (Å²) >= 11 is 5.97. The molecule has 4 aromatic rings. The Bertz CT molecular complexity index is 1450. The van der Waals surface area contributed by atoms with Gasteiger partial charge < -0.3 is 14.2 Å². The number of benzene rings is 1. The van der Waals surface area contributed by atoms with E-state index in [-0.39, 0.29) is 27.2 Å². The standard InChI is InChI=1S/C23H22ClFN6O3/c1-4-31-12(2)26-17-10-19(30-7-8-33-18(11-30)22-27-13(3)34-29-22)28-21(20(17)23(31)32)15-6-5-14(24)9-16(15)25/h5-6,9-10,18H,4,7-8,11H2,1-3H3/t18-/m0/s1. The molecule has 1 atom stereocenters. The molecule has 0 aliphatic carbocycles. The van der Waals surface area contributed by atoms with E-state index >= 15 is 4.39 Å². The van der Waals surface area contributed by atoms with Crippen LogP contribution in [0.3, 0.4) is 0 Å². The fourth-order valence-electron chi connectivity index (χ4n) is 4.20.